The van der Waals surface area contributed by atoms with Crippen molar-refractivity contribution < 1.29 is 22.6 Å². The average Bonchev–Trinajstić information content (AvgIpc) is 2.86. The summed E-state index contributed by atoms with van der Waals surface area (Å²) in [5.41, 5.74) is 0.856. The molecule has 1 aliphatic heterocycles. The van der Waals surface area contributed by atoms with Crippen molar-refractivity contribution in [3.8, 4) is 5.75 Å². The second-order valence-corrected chi connectivity index (χ2v) is 4.02. The number of halogens is 3. The van der Waals surface area contributed by atoms with Crippen LogP contribution in [-0.4, -0.2) is 32.0 Å². The Balaban J connectivity index is 1.92. The first-order valence-corrected chi connectivity index (χ1v) is 5.62. The Kier molecular flexibility index (Phi) is 3.82. The van der Waals surface area contributed by atoms with E-state index < -0.39 is 18.8 Å². The summed E-state index contributed by atoms with van der Waals surface area (Å²) in [6.07, 6.45) is -4.32. The van der Waals surface area contributed by atoms with Gasteiger partial charge in [-0.3, -0.25) is 0 Å². The maximum absolute atomic E-state index is 12.4. The highest BCUT2D eigenvalue weighted by atomic mass is 19.4. The van der Waals surface area contributed by atoms with E-state index >= 15 is 0 Å². The molecule has 0 radical (unpaired) electrons. The van der Waals surface area contributed by atoms with Crippen molar-refractivity contribution >= 4 is 6.02 Å². The monoisotopic (exact) mass is 274 g/mol. The molecule has 1 aromatic carbocycles. The number of rotatable bonds is 3. The Hall–Kier alpha value is -1.92. The van der Waals surface area contributed by atoms with E-state index in [0.29, 0.717) is 5.75 Å². The summed E-state index contributed by atoms with van der Waals surface area (Å²) in [6.45, 7) is -0.193. The van der Waals surface area contributed by atoms with Crippen LogP contribution in [0.5, 0.6) is 5.75 Å². The maximum atomic E-state index is 12.4. The lowest BCUT2D eigenvalue weighted by molar-refractivity contribution is -0.152. The van der Waals surface area contributed by atoms with Gasteiger partial charge in [-0.2, -0.15) is 13.2 Å². The number of hydrogen-bond donors (Lipinski definition) is 1. The lowest BCUT2D eigenvalue weighted by Crippen LogP contribution is -2.40. The molecule has 7 heteroatoms. The predicted molar refractivity (Wildman–Crippen MR) is 63.1 cm³/mol. The SMILES string of the molecule is COc1ccc(CN=C2NC(C(F)(F)F)CO2)cc1. The Morgan fingerprint density at radius 2 is 2.05 bits per heavy atom. The number of nitrogens with zero attached hydrogens (tertiary/aromatic N) is 1. The Morgan fingerprint density at radius 3 is 2.58 bits per heavy atom. The van der Waals surface area contributed by atoms with Gasteiger partial charge in [0.2, 0.25) is 0 Å². The molecule has 1 aromatic rings. The Morgan fingerprint density at radius 1 is 1.37 bits per heavy atom. The summed E-state index contributed by atoms with van der Waals surface area (Å²) in [4.78, 5) is 3.96. The van der Waals surface area contributed by atoms with Gasteiger partial charge in [-0.25, -0.2) is 4.99 Å². The van der Waals surface area contributed by atoms with Gasteiger partial charge in [0, 0.05) is 0 Å². The largest absolute Gasteiger partial charge is 0.497 e. The van der Waals surface area contributed by atoms with Gasteiger partial charge in [-0.15, -0.1) is 0 Å². The number of hydrogen-bond acceptors (Lipinski definition) is 3. The number of nitrogens with one attached hydrogen (secondary N) is 1. The van der Waals surface area contributed by atoms with Gasteiger partial charge < -0.3 is 14.8 Å². The lowest BCUT2D eigenvalue weighted by Gasteiger charge is -2.11. The zero-order valence-electron chi connectivity index (χ0n) is 10.2. The third kappa shape index (κ3) is 3.52. The summed E-state index contributed by atoms with van der Waals surface area (Å²) >= 11 is 0. The molecule has 0 saturated carbocycles. The van der Waals surface area contributed by atoms with Gasteiger partial charge in [-0.1, -0.05) is 12.1 Å². The molecule has 1 heterocycles. The summed E-state index contributed by atoms with van der Waals surface area (Å²) in [5.74, 6) is 0.712. The molecule has 0 aromatic heterocycles. The van der Waals surface area contributed by atoms with Gasteiger partial charge in [0.05, 0.1) is 13.7 Å². The lowest BCUT2D eigenvalue weighted by atomic mass is 10.2. The summed E-state index contributed by atoms with van der Waals surface area (Å²) in [6, 6.07) is 5.35. The first-order chi connectivity index (χ1) is 8.99. The van der Waals surface area contributed by atoms with E-state index in [-0.39, 0.29) is 12.6 Å². The van der Waals surface area contributed by atoms with E-state index in [2.05, 4.69) is 10.3 Å². The Labute approximate surface area is 108 Å². The number of methoxy groups -OCH3 is 1. The van der Waals surface area contributed by atoms with Crippen molar-refractivity contribution in [2.45, 2.75) is 18.8 Å². The molecule has 19 heavy (non-hydrogen) atoms. The highest BCUT2D eigenvalue weighted by molar-refractivity contribution is 5.75. The van der Waals surface area contributed by atoms with Crippen molar-refractivity contribution in [2.75, 3.05) is 13.7 Å². The third-order valence-corrected chi connectivity index (χ3v) is 2.64. The predicted octanol–water partition coefficient (Wildman–Crippen LogP) is 2.10. The van der Waals surface area contributed by atoms with Crippen molar-refractivity contribution in [1.29, 1.82) is 0 Å². The zero-order valence-corrected chi connectivity index (χ0v) is 10.2. The second kappa shape index (κ2) is 5.38. The zero-order chi connectivity index (χ0) is 13.9. The minimum absolute atomic E-state index is 0.0712. The summed E-state index contributed by atoms with van der Waals surface area (Å²) in [7, 11) is 1.56. The minimum Gasteiger partial charge on any atom is -0.497 e. The van der Waals surface area contributed by atoms with E-state index in [9.17, 15) is 13.2 Å². The average molecular weight is 274 g/mol. The molecule has 1 atom stereocenters. The molecular weight excluding hydrogens is 261 g/mol. The molecule has 104 valence electrons. The topological polar surface area (TPSA) is 42.8 Å². The van der Waals surface area contributed by atoms with E-state index in [1.165, 1.54) is 0 Å². The third-order valence-electron chi connectivity index (χ3n) is 2.64. The van der Waals surface area contributed by atoms with Crippen LogP contribution in [0.2, 0.25) is 0 Å². The van der Waals surface area contributed by atoms with Gasteiger partial charge in [-0.05, 0) is 17.7 Å². The van der Waals surface area contributed by atoms with E-state index in [0.717, 1.165) is 5.56 Å². The van der Waals surface area contributed by atoms with E-state index in [1.807, 2.05) is 0 Å². The summed E-state index contributed by atoms with van der Waals surface area (Å²) in [5, 5.41) is 2.20. The van der Waals surface area contributed by atoms with Crippen LogP contribution in [-0.2, 0) is 11.3 Å². The van der Waals surface area contributed by atoms with Crippen LogP contribution < -0.4 is 10.1 Å². The minimum atomic E-state index is -4.32. The normalized spacial score (nSPS) is 21.1. The van der Waals surface area contributed by atoms with Crippen LogP contribution in [0, 0.1) is 0 Å². The number of alkyl halides is 3. The van der Waals surface area contributed by atoms with Crippen molar-refractivity contribution in [1.82, 2.24) is 5.32 Å². The number of benzene rings is 1. The van der Waals surface area contributed by atoms with Crippen LogP contribution in [0.4, 0.5) is 13.2 Å². The molecule has 0 amide bonds. The second-order valence-electron chi connectivity index (χ2n) is 4.02. The molecule has 4 nitrogen and oxygen atoms in total. The van der Waals surface area contributed by atoms with Crippen LogP contribution in [0.3, 0.4) is 0 Å². The standard InChI is InChI=1S/C12H13F3N2O2/c1-18-9-4-2-8(3-5-9)6-16-11-17-10(7-19-11)12(13,14)15/h2-5,10H,6-7H2,1H3,(H,16,17). The molecule has 1 N–H and O–H groups in total. The van der Waals surface area contributed by atoms with Crippen molar-refractivity contribution in [3.63, 3.8) is 0 Å². The molecule has 0 spiro atoms. The Bertz CT molecular complexity index is 457. The summed E-state index contributed by atoms with van der Waals surface area (Å²) < 4.78 is 47.0. The molecule has 0 aliphatic carbocycles. The molecule has 1 aliphatic rings. The molecule has 1 unspecified atom stereocenters. The molecular formula is C12H13F3N2O2. The fourth-order valence-electron chi connectivity index (χ4n) is 1.56. The van der Waals surface area contributed by atoms with Gasteiger partial charge in [0.1, 0.15) is 12.4 Å². The molecule has 1 fully saturated rings. The molecule has 2 rings (SSSR count). The van der Waals surface area contributed by atoms with Gasteiger partial charge in [0.25, 0.3) is 6.02 Å². The van der Waals surface area contributed by atoms with Crippen LogP contribution in [0.15, 0.2) is 29.3 Å². The van der Waals surface area contributed by atoms with Crippen LogP contribution in [0.25, 0.3) is 0 Å². The quantitative estimate of drug-likeness (QED) is 0.918. The van der Waals surface area contributed by atoms with Gasteiger partial charge in [0.15, 0.2) is 6.04 Å². The maximum Gasteiger partial charge on any atom is 0.412 e. The van der Waals surface area contributed by atoms with E-state index in [4.69, 9.17) is 9.47 Å². The smallest absolute Gasteiger partial charge is 0.412 e. The highest BCUT2D eigenvalue weighted by Crippen LogP contribution is 2.23. The van der Waals surface area contributed by atoms with Crippen LogP contribution >= 0.6 is 0 Å². The van der Waals surface area contributed by atoms with Crippen molar-refractivity contribution in [3.05, 3.63) is 29.8 Å². The number of aliphatic imine (C=N–C) groups is 1. The van der Waals surface area contributed by atoms with E-state index in [1.54, 1.807) is 31.4 Å². The van der Waals surface area contributed by atoms with Crippen molar-refractivity contribution in [2.24, 2.45) is 4.99 Å². The fraction of sp³-hybridized carbons (Fsp3) is 0.417. The number of ether oxygens (including phenoxy) is 2. The molecule has 1 saturated heterocycles. The van der Waals surface area contributed by atoms with Crippen LogP contribution in [0.1, 0.15) is 5.56 Å². The fourth-order valence-corrected chi connectivity index (χ4v) is 1.56. The highest BCUT2D eigenvalue weighted by Gasteiger charge is 2.44. The number of amidine groups is 1. The first kappa shape index (κ1) is 13.5. The molecule has 0 bridgehead atoms. The first-order valence-electron chi connectivity index (χ1n) is 5.62. The van der Waals surface area contributed by atoms with Gasteiger partial charge >= 0.3 is 6.18 Å².